The third-order valence-corrected chi connectivity index (χ3v) is 6.24. The lowest BCUT2D eigenvalue weighted by molar-refractivity contribution is -0.140. The van der Waals surface area contributed by atoms with Gasteiger partial charge in [0, 0.05) is 25.0 Å². The molecule has 0 bridgehead atoms. The van der Waals surface area contributed by atoms with Crippen LogP contribution in [-0.2, 0) is 9.59 Å². The predicted molar refractivity (Wildman–Crippen MR) is 117 cm³/mol. The molecule has 154 valence electrons. The summed E-state index contributed by atoms with van der Waals surface area (Å²) in [7, 11) is 0. The normalized spacial score (nSPS) is 15.4. The summed E-state index contributed by atoms with van der Waals surface area (Å²) in [5, 5.41) is 3.23. The highest BCUT2D eigenvalue weighted by Gasteiger charge is 2.34. The number of rotatable bonds is 6. The molecule has 5 heteroatoms. The lowest BCUT2D eigenvalue weighted by Gasteiger charge is -2.37. The number of halogens is 1. The van der Waals surface area contributed by atoms with E-state index < -0.39 is 5.41 Å². The number of hydrogen-bond acceptors (Lipinski definition) is 2. The standard InChI is InChI=1S/C24H29ClN2O2/c1-24(2,17-25)23(29)27-15-13-20(14-16-27)26-22(28)21(18-9-5-3-6-10-18)19-11-7-4-8-12-19/h3-12,20-21H,13-17H2,1-2H3,(H,26,28). The monoisotopic (exact) mass is 412 g/mol. The molecule has 0 atom stereocenters. The predicted octanol–water partition coefficient (Wildman–Crippen LogP) is 4.19. The molecule has 1 fully saturated rings. The first-order valence-electron chi connectivity index (χ1n) is 10.2. The maximum atomic E-state index is 13.2. The zero-order valence-corrected chi connectivity index (χ0v) is 17.9. The Labute approximate surface area is 178 Å². The van der Waals surface area contributed by atoms with Crippen LogP contribution in [0.25, 0.3) is 0 Å². The molecule has 0 saturated carbocycles. The summed E-state index contributed by atoms with van der Waals surface area (Å²) in [6.07, 6.45) is 1.51. The van der Waals surface area contributed by atoms with Gasteiger partial charge in [0.1, 0.15) is 0 Å². The molecule has 3 rings (SSSR count). The number of amides is 2. The van der Waals surface area contributed by atoms with Gasteiger partial charge in [-0.05, 0) is 37.8 Å². The third-order valence-electron chi connectivity index (χ3n) is 5.57. The Morgan fingerprint density at radius 3 is 1.93 bits per heavy atom. The van der Waals surface area contributed by atoms with Gasteiger partial charge in [-0.2, -0.15) is 0 Å². The van der Waals surface area contributed by atoms with E-state index in [1.807, 2.05) is 79.4 Å². The Kier molecular flexibility index (Phi) is 6.96. The van der Waals surface area contributed by atoms with E-state index in [-0.39, 0.29) is 23.8 Å². The minimum absolute atomic E-state index is 0.00765. The van der Waals surface area contributed by atoms with Crippen molar-refractivity contribution in [3.05, 3.63) is 71.8 Å². The molecule has 0 radical (unpaired) electrons. The minimum Gasteiger partial charge on any atom is -0.352 e. The van der Waals surface area contributed by atoms with Gasteiger partial charge in [0.2, 0.25) is 11.8 Å². The van der Waals surface area contributed by atoms with Crippen molar-refractivity contribution in [2.24, 2.45) is 5.41 Å². The SMILES string of the molecule is CC(C)(CCl)C(=O)N1CCC(NC(=O)C(c2ccccc2)c2ccccc2)CC1. The summed E-state index contributed by atoms with van der Waals surface area (Å²) >= 11 is 5.95. The molecule has 29 heavy (non-hydrogen) atoms. The Bertz CT molecular complexity index is 776. The molecule has 0 aliphatic carbocycles. The quantitative estimate of drug-likeness (QED) is 0.723. The Hall–Kier alpha value is -2.33. The van der Waals surface area contributed by atoms with Crippen molar-refractivity contribution in [2.75, 3.05) is 19.0 Å². The number of nitrogens with one attached hydrogen (secondary N) is 1. The van der Waals surface area contributed by atoms with E-state index in [4.69, 9.17) is 11.6 Å². The number of carbonyl (C=O) groups is 2. The number of alkyl halides is 1. The van der Waals surface area contributed by atoms with E-state index in [0.29, 0.717) is 19.0 Å². The third kappa shape index (κ3) is 5.18. The Balaban J connectivity index is 1.66. The van der Waals surface area contributed by atoms with Crippen molar-refractivity contribution in [1.29, 1.82) is 0 Å². The summed E-state index contributed by atoms with van der Waals surface area (Å²) in [5.41, 5.74) is 1.41. The fraction of sp³-hybridized carbons (Fsp3) is 0.417. The van der Waals surface area contributed by atoms with Crippen molar-refractivity contribution in [1.82, 2.24) is 10.2 Å². The summed E-state index contributed by atoms with van der Waals surface area (Å²) in [4.78, 5) is 27.7. The molecular formula is C24H29ClN2O2. The molecule has 4 nitrogen and oxygen atoms in total. The average molecular weight is 413 g/mol. The van der Waals surface area contributed by atoms with Crippen molar-refractivity contribution in [3.8, 4) is 0 Å². The zero-order chi connectivity index (χ0) is 20.9. The molecule has 1 aliphatic rings. The van der Waals surface area contributed by atoms with E-state index in [9.17, 15) is 9.59 Å². The van der Waals surface area contributed by atoms with Crippen LogP contribution < -0.4 is 5.32 Å². The number of benzene rings is 2. The molecule has 1 N–H and O–H groups in total. The van der Waals surface area contributed by atoms with Crippen LogP contribution >= 0.6 is 11.6 Å². The van der Waals surface area contributed by atoms with E-state index >= 15 is 0 Å². The second-order valence-corrected chi connectivity index (χ2v) is 8.61. The minimum atomic E-state index is -0.552. The first-order valence-corrected chi connectivity index (χ1v) is 10.7. The molecule has 2 amide bonds. The van der Waals surface area contributed by atoms with Crippen molar-refractivity contribution in [2.45, 2.75) is 38.6 Å². The number of piperidine rings is 1. The molecule has 2 aromatic rings. The summed E-state index contributed by atoms with van der Waals surface area (Å²) in [6.45, 7) is 5.04. The first-order chi connectivity index (χ1) is 13.9. The van der Waals surface area contributed by atoms with E-state index in [1.165, 1.54) is 0 Å². The van der Waals surface area contributed by atoms with E-state index in [0.717, 1.165) is 24.0 Å². The molecular weight excluding hydrogens is 384 g/mol. The maximum Gasteiger partial charge on any atom is 0.232 e. The lowest BCUT2D eigenvalue weighted by Crippen LogP contribution is -2.50. The number of likely N-dealkylation sites (tertiary alicyclic amines) is 1. The fourth-order valence-corrected chi connectivity index (χ4v) is 3.90. The summed E-state index contributed by atoms with van der Waals surface area (Å²) in [6, 6.07) is 19.8. The molecule has 1 heterocycles. The van der Waals surface area contributed by atoms with E-state index in [1.54, 1.807) is 0 Å². The van der Waals surface area contributed by atoms with Gasteiger partial charge >= 0.3 is 0 Å². The van der Waals surface area contributed by atoms with Crippen LogP contribution in [0, 0.1) is 5.41 Å². The molecule has 2 aromatic carbocycles. The van der Waals surface area contributed by atoms with Crippen LogP contribution in [0.1, 0.15) is 43.7 Å². The number of nitrogens with zero attached hydrogens (tertiary/aromatic N) is 1. The van der Waals surface area contributed by atoms with Crippen molar-refractivity contribution < 1.29 is 9.59 Å². The molecule has 1 saturated heterocycles. The lowest BCUT2D eigenvalue weighted by atomic mass is 9.89. The Morgan fingerprint density at radius 2 is 1.48 bits per heavy atom. The van der Waals surface area contributed by atoms with Gasteiger partial charge < -0.3 is 10.2 Å². The molecule has 0 spiro atoms. The van der Waals surface area contributed by atoms with Gasteiger partial charge in [0.15, 0.2) is 0 Å². The smallest absolute Gasteiger partial charge is 0.232 e. The Morgan fingerprint density at radius 1 is 1.00 bits per heavy atom. The van der Waals surface area contributed by atoms with Crippen LogP contribution in [0.4, 0.5) is 0 Å². The topological polar surface area (TPSA) is 49.4 Å². The van der Waals surface area contributed by atoms with Crippen LogP contribution in [-0.4, -0.2) is 41.7 Å². The summed E-state index contributed by atoms with van der Waals surface area (Å²) < 4.78 is 0. The van der Waals surface area contributed by atoms with Crippen LogP contribution in [0.2, 0.25) is 0 Å². The van der Waals surface area contributed by atoms with Crippen molar-refractivity contribution in [3.63, 3.8) is 0 Å². The van der Waals surface area contributed by atoms with Crippen molar-refractivity contribution >= 4 is 23.4 Å². The number of hydrogen-bond donors (Lipinski definition) is 1. The maximum absolute atomic E-state index is 13.2. The second kappa shape index (κ2) is 9.45. The van der Waals surface area contributed by atoms with Crippen LogP contribution in [0.15, 0.2) is 60.7 Å². The fourth-order valence-electron chi connectivity index (χ4n) is 3.78. The van der Waals surface area contributed by atoms with Gasteiger partial charge in [0.05, 0.1) is 11.3 Å². The van der Waals surface area contributed by atoms with Crippen LogP contribution in [0.5, 0.6) is 0 Å². The van der Waals surface area contributed by atoms with Gasteiger partial charge in [-0.25, -0.2) is 0 Å². The largest absolute Gasteiger partial charge is 0.352 e. The van der Waals surface area contributed by atoms with Gasteiger partial charge in [-0.3, -0.25) is 9.59 Å². The molecule has 1 aliphatic heterocycles. The second-order valence-electron chi connectivity index (χ2n) is 8.35. The zero-order valence-electron chi connectivity index (χ0n) is 17.1. The van der Waals surface area contributed by atoms with Gasteiger partial charge in [-0.1, -0.05) is 60.7 Å². The molecule has 0 aromatic heterocycles. The first kappa shape index (κ1) is 21.4. The van der Waals surface area contributed by atoms with Gasteiger partial charge in [0.25, 0.3) is 0 Å². The summed E-state index contributed by atoms with van der Waals surface area (Å²) in [5.74, 6) is 0.0578. The highest BCUT2D eigenvalue weighted by atomic mass is 35.5. The highest BCUT2D eigenvalue weighted by Crippen LogP contribution is 2.26. The van der Waals surface area contributed by atoms with Crippen LogP contribution in [0.3, 0.4) is 0 Å². The highest BCUT2D eigenvalue weighted by molar-refractivity contribution is 6.19. The number of carbonyl (C=O) groups excluding carboxylic acids is 2. The van der Waals surface area contributed by atoms with E-state index in [2.05, 4.69) is 5.32 Å². The average Bonchev–Trinajstić information content (AvgIpc) is 2.75. The molecule has 0 unspecified atom stereocenters. The van der Waals surface area contributed by atoms with Gasteiger partial charge in [-0.15, -0.1) is 11.6 Å².